The van der Waals surface area contributed by atoms with Crippen molar-refractivity contribution >= 4 is 46.9 Å². The van der Waals surface area contributed by atoms with E-state index >= 15 is 0 Å². The predicted octanol–water partition coefficient (Wildman–Crippen LogP) is 5.56. The average molecular weight is 431 g/mol. The molecule has 0 spiro atoms. The number of rotatable bonds is 8. The van der Waals surface area contributed by atoms with Crippen molar-refractivity contribution in [3.05, 3.63) is 80.5 Å². The maximum Gasteiger partial charge on any atom is 0.332 e. The van der Waals surface area contributed by atoms with Gasteiger partial charge in [-0.25, -0.2) is 9.78 Å². The van der Waals surface area contributed by atoms with Gasteiger partial charge in [-0.05, 0) is 53.9 Å². The van der Waals surface area contributed by atoms with Gasteiger partial charge in [-0.2, -0.15) is 0 Å². The van der Waals surface area contributed by atoms with E-state index in [9.17, 15) is 9.90 Å². The number of hydrogen-bond acceptors (Lipinski definition) is 4. The van der Waals surface area contributed by atoms with Crippen LogP contribution in [0.3, 0.4) is 0 Å². The highest BCUT2D eigenvalue weighted by molar-refractivity contribution is 7.98. The second-order valence-electron chi connectivity index (χ2n) is 6.70. The lowest BCUT2D eigenvalue weighted by molar-refractivity contribution is -0.132. The molecule has 1 saturated carbocycles. The Balaban J connectivity index is 1.66. The van der Waals surface area contributed by atoms with Gasteiger partial charge >= 0.3 is 5.97 Å². The van der Waals surface area contributed by atoms with Crippen LogP contribution in [0.25, 0.3) is 6.08 Å². The predicted molar refractivity (Wildman–Crippen MR) is 116 cm³/mol. The molecule has 0 unspecified atom stereocenters. The molecule has 28 heavy (non-hydrogen) atoms. The highest BCUT2D eigenvalue weighted by Gasteiger charge is 2.26. The molecule has 0 radical (unpaired) electrons. The second kappa shape index (κ2) is 8.55. The number of halogens is 1. The van der Waals surface area contributed by atoms with Crippen LogP contribution in [0, 0.1) is 0 Å². The van der Waals surface area contributed by atoms with Crippen LogP contribution in [0.2, 0.25) is 5.02 Å². The van der Waals surface area contributed by atoms with Crippen molar-refractivity contribution in [1.82, 2.24) is 8.96 Å². The summed E-state index contributed by atoms with van der Waals surface area (Å²) in [7, 11) is 0. The van der Waals surface area contributed by atoms with Gasteiger partial charge < -0.3 is 5.11 Å². The van der Waals surface area contributed by atoms with Gasteiger partial charge in [0.15, 0.2) is 0 Å². The van der Waals surface area contributed by atoms with Gasteiger partial charge in [-0.1, -0.05) is 35.9 Å². The summed E-state index contributed by atoms with van der Waals surface area (Å²) in [4.78, 5) is 17.4. The Kier molecular flexibility index (Phi) is 5.90. The Hall–Kier alpha value is -2.02. The quantitative estimate of drug-likeness (QED) is 0.475. The van der Waals surface area contributed by atoms with E-state index in [1.807, 2.05) is 41.8 Å². The third kappa shape index (κ3) is 4.69. The zero-order valence-corrected chi connectivity index (χ0v) is 17.4. The van der Waals surface area contributed by atoms with E-state index in [0.29, 0.717) is 23.7 Å². The van der Waals surface area contributed by atoms with Crippen LogP contribution in [0.1, 0.15) is 34.8 Å². The highest BCUT2D eigenvalue weighted by atomic mass is 35.5. The van der Waals surface area contributed by atoms with Crippen molar-refractivity contribution in [2.75, 3.05) is 0 Å². The number of carboxylic acid groups (broad SMARTS) is 1. The van der Waals surface area contributed by atoms with Crippen LogP contribution >= 0.6 is 34.9 Å². The molecule has 2 heterocycles. The summed E-state index contributed by atoms with van der Waals surface area (Å²) >= 11 is 9.62. The Morgan fingerprint density at radius 3 is 2.82 bits per heavy atom. The van der Waals surface area contributed by atoms with Crippen molar-refractivity contribution in [3.8, 4) is 0 Å². The number of carbonyl (C=O) groups is 1. The average Bonchev–Trinajstić information content (AvgIpc) is 3.20. The minimum atomic E-state index is -0.898. The maximum atomic E-state index is 11.8. The van der Waals surface area contributed by atoms with Crippen LogP contribution in [-0.4, -0.2) is 25.3 Å². The lowest BCUT2D eigenvalue weighted by Gasteiger charge is -2.10. The number of benzene rings is 1. The van der Waals surface area contributed by atoms with E-state index in [1.165, 1.54) is 12.8 Å². The molecular weight excluding hydrogens is 412 g/mol. The zero-order chi connectivity index (χ0) is 19.5. The number of aromatic nitrogens is 2. The fraction of sp³-hybridized carbons (Fsp3) is 0.238. The molecule has 0 aliphatic heterocycles. The van der Waals surface area contributed by atoms with Gasteiger partial charge in [-0.3, -0.25) is 3.97 Å². The molecule has 1 aliphatic carbocycles. The fourth-order valence-corrected chi connectivity index (χ4v) is 4.86. The topological polar surface area (TPSA) is 55.1 Å². The number of carboxylic acids is 1. The Bertz CT molecular complexity index is 1010. The second-order valence-corrected chi connectivity index (χ2v) is 9.38. The van der Waals surface area contributed by atoms with Crippen LogP contribution in [0.4, 0.5) is 0 Å². The van der Waals surface area contributed by atoms with E-state index in [0.717, 1.165) is 27.0 Å². The summed E-state index contributed by atoms with van der Waals surface area (Å²) in [5.74, 6) is -0.0117. The van der Waals surface area contributed by atoms with Crippen molar-refractivity contribution in [2.24, 2.45) is 0 Å². The van der Waals surface area contributed by atoms with Crippen LogP contribution in [-0.2, 0) is 17.6 Å². The van der Waals surface area contributed by atoms with Gasteiger partial charge in [0.2, 0.25) is 0 Å². The van der Waals surface area contributed by atoms with Crippen LogP contribution < -0.4 is 0 Å². The SMILES string of the molecule is O=C(O)/C(=C/c1cnc(Cc2ccccc2Cl)n1SC1CC1)Cc1cccs1. The molecule has 0 amide bonds. The monoisotopic (exact) mass is 430 g/mol. The fourth-order valence-electron chi connectivity index (χ4n) is 2.83. The first-order valence-corrected chi connectivity index (χ1v) is 11.1. The molecule has 3 aromatic rings. The minimum Gasteiger partial charge on any atom is -0.478 e. The first-order chi connectivity index (χ1) is 13.6. The molecular formula is C21H19ClN2O2S2. The molecule has 4 nitrogen and oxygen atoms in total. The normalized spacial score (nSPS) is 14.4. The molecule has 7 heteroatoms. The van der Waals surface area contributed by atoms with Crippen molar-refractivity contribution in [2.45, 2.75) is 30.9 Å². The number of imidazole rings is 1. The summed E-state index contributed by atoms with van der Waals surface area (Å²) in [6.07, 6.45) is 6.89. The minimum absolute atomic E-state index is 0.365. The van der Waals surface area contributed by atoms with Gasteiger partial charge in [0.05, 0.1) is 11.9 Å². The van der Waals surface area contributed by atoms with E-state index in [4.69, 9.17) is 11.6 Å². The molecule has 144 valence electrons. The van der Waals surface area contributed by atoms with Crippen molar-refractivity contribution < 1.29 is 9.90 Å². The molecule has 1 aromatic carbocycles. The number of aliphatic carboxylic acids is 1. The van der Waals surface area contributed by atoms with Crippen molar-refractivity contribution in [3.63, 3.8) is 0 Å². The van der Waals surface area contributed by atoms with Gasteiger partial charge in [0, 0.05) is 33.6 Å². The summed E-state index contributed by atoms with van der Waals surface area (Å²) in [6.45, 7) is 0. The molecule has 1 fully saturated rings. The van der Waals surface area contributed by atoms with Crippen LogP contribution in [0.5, 0.6) is 0 Å². The Morgan fingerprint density at radius 2 is 2.14 bits per heavy atom. The van der Waals surface area contributed by atoms with Gasteiger partial charge in [-0.15, -0.1) is 11.3 Å². The lowest BCUT2D eigenvalue weighted by atomic mass is 10.1. The standard InChI is InChI=1S/C21H19ClN2O2S2/c22-19-6-2-1-4-14(19)12-20-23-13-16(24(20)28-17-7-8-17)10-15(21(25)26)11-18-5-3-9-27-18/h1-6,9-10,13,17H,7-8,11-12H2,(H,25,26)/b15-10+. The molecule has 1 aliphatic rings. The molecule has 1 N–H and O–H groups in total. The molecule has 0 saturated heterocycles. The van der Waals surface area contributed by atoms with E-state index in [2.05, 4.69) is 8.96 Å². The highest BCUT2D eigenvalue weighted by Crippen LogP contribution is 2.37. The third-order valence-corrected chi connectivity index (χ3v) is 7.09. The summed E-state index contributed by atoms with van der Waals surface area (Å²) in [5, 5.41) is 12.9. The number of nitrogens with zero attached hydrogens (tertiary/aromatic N) is 2. The van der Waals surface area contributed by atoms with Gasteiger partial charge in [0.25, 0.3) is 0 Å². The van der Waals surface area contributed by atoms with Crippen molar-refractivity contribution in [1.29, 1.82) is 0 Å². The van der Waals surface area contributed by atoms with Crippen LogP contribution in [0.15, 0.2) is 53.5 Å². The summed E-state index contributed by atoms with van der Waals surface area (Å²) in [5.41, 5.74) is 2.19. The molecule has 4 rings (SSSR count). The molecule has 0 atom stereocenters. The first kappa shape index (κ1) is 19.3. The van der Waals surface area contributed by atoms with E-state index in [1.54, 1.807) is 35.6 Å². The molecule has 0 bridgehead atoms. The Morgan fingerprint density at radius 1 is 1.32 bits per heavy atom. The molecule has 2 aromatic heterocycles. The maximum absolute atomic E-state index is 11.8. The van der Waals surface area contributed by atoms with E-state index in [-0.39, 0.29) is 0 Å². The Labute approximate surface area is 177 Å². The number of thiophene rings is 1. The smallest absolute Gasteiger partial charge is 0.332 e. The van der Waals surface area contributed by atoms with E-state index < -0.39 is 5.97 Å². The lowest BCUT2D eigenvalue weighted by Crippen LogP contribution is -2.05. The summed E-state index contributed by atoms with van der Waals surface area (Å²) in [6, 6.07) is 11.7. The third-order valence-electron chi connectivity index (χ3n) is 4.44. The number of hydrogen-bond donors (Lipinski definition) is 1. The largest absolute Gasteiger partial charge is 0.478 e. The zero-order valence-electron chi connectivity index (χ0n) is 15.0. The first-order valence-electron chi connectivity index (χ1n) is 9.03. The van der Waals surface area contributed by atoms with Gasteiger partial charge in [0.1, 0.15) is 5.82 Å². The summed E-state index contributed by atoms with van der Waals surface area (Å²) < 4.78 is 2.08.